The molecule has 0 fully saturated rings. The van der Waals surface area contributed by atoms with Gasteiger partial charge in [-0.1, -0.05) is 66.2 Å². The number of pyridine rings is 1. The summed E-state index contributed by atoms with van der Waals surface area (Å²) < 4.78 is 5.80. The second-order valence-electron chi connectivity index (χ2n) is 6.85. The van der Waals surface area contributed by atoms with Gasteiger partial charge in [-0.3, -0.25) is 0 Å². The van der Waals surface area contributed by atoms with Gasteiger partial charge in [-0.2, -0.15) is 0 Å². The van der Waals surface area contributed by atoms with E-state index in [-0.39, 0.29) is 0 Å². The fourth-order valence-corrected chi connectivity index (χ4v) is 3.97. The van der Waals surface area contributed by atoms with Crippen LogP contribution in [0.5, 0.6) is 11.6 Å². The van der Waals surface area contributed by atoms with Crippen LogP contribution in [0.15, 0.2) is 79.0 Å². The number of benzene rings is 3. The molecule has 1 aromatic heterocycles. The van der Waals surface area contributed by atoms with E-state index in [4.69, 9.17) is 22.1 Å². The van der Waals surface area contributed by atoms with E-state index in [9.17, 15) is 0 Å². The fraction of sp³-hybridized carbons (Fsp3) is 0.0417. The lowest BCUT2D eigenvalue weighted by Crippen LogP contribution is -1.92. The van der Waals surface area contributed by atoms with Gasteiger partial charge in [-0.25, -0.2) is 4.98 Å². The number of halogens is 1. The highest BCUT2D eigenvalue weighted by Gasteiger charge is 2.20. The van der Waals surface area contributed by atoms with E-state index in [1.165, 1.54) is 34.0 Å². The van der Waals surface area contributed by atoms with Gasteiger partial charge < -0.3 is 10.5 Å². The zero-order chi connectivity index (χ0) is 19.1. The number of aromatic nitrogens is 1. The maximum atomic E-state index is 6.15. The Bertz CT molecular complexity index is 1190. The van der Waals surface area contributed by atoms with E-state index in [2.05, 4.69) is 59.6 Å². The van der Waals surface area contributed by atoms with E-state index < -0.39 is 0 Å². The van der Waals surface area contributed by atoms with E-state index in [0.717, 1.165) is 12.0 Å². The molecule has 0 atom stereocenters. The molecule has 1 aliphatic rings. The maximum Gasteiger partial charge on any atom is 0.238 e. The summed E-state index contributed by atoms with van der Waals surface area (Å²) in [6.45, 7) is 0. The topological polar surface area (TPSA) is 48.1 Å². The van der Waals surface area contributed by atoms with Gasteiger partial charge >= 0.3 is 0 Å². The summed E-state index contributed by atoms with van der Waals surface area (Å²) in [6, 6.07) is 24.8. The third-order valence-corrected chi connectivity index (χ3v) is 5.33. The third-order valence-electron chi connectivity index (χ3n) is 5.06. The first kappa shape index (κ1) is 16.8. The lowest BCUT2D eigenvalue weighted by atomic mass is 9.96. The number of hydrogen-bond acceptors (Lipinski definition) is 3. The Kier molecular flexibility index (Phi) is 4.03. The number of ether oxygens (including phenoxy) is 1. The lowest BCUT2D eigenvalue weighted by molar-refractivity contribution is 0.463. The van der Waals surface area contributed by atoms with Crippen LogP contribution in [-0.2, 0) is 6.42 Å². The Labute approximate surface area is 168 Å². The molecule has 3 aromatic carbocycles. The van der Waals surface area contributed by atoms with Crippen LogP contribution in [0.1, 0.15) is 11.1 Å². The van der Waals surface area contributed by atoms with Gasteiger partial charge in [0.05, 0.1) is 11.9 Å². The van der Waals surface area contributed by atoms with Crippen molar-refractivity contribution in [3.63, 3.8) is 0 Å². The first-order chi connectivity index (χ1) is 13.7. The second-order valence-corrected chi connectivity index (χ2v) is 7.25. The van der Waals surface area contributed by atoms with Gasteiger partial charge in [0.15, 0.2) is 0 Å². The summed E-state index contributed by atoms with van der Waals surface area (Å²) in [4.78, 5) is 4.14. The van der Waals surface area contributed by atoms with Gasteiger partial charge in [0.1, 0.15) is 10.8 Å². The van der Waals surface area contributed by atoms with E-state index in [0.29, 0.717) is 22.3 Å². The predicted octanol–water partition coefficient (Wildman–Crippen LogP) is 6.35. The zero-order valence-corrected chi connectivity index (χ0v) is 15.8. The molecule has 4 aromatic rings. The summed E-state index contributed by atoms with van der Waals surface area (Å²) in [5.41, 5.74) is 14.0. The number of fused-ring (bicyclic) bond motifs is 3. The SMILES string of the molecule is Nc1cnc(Oc2ccc(-c3cccc4c3Cc3ccccc3-4)cc2)c(Cl)c1. The number of rotatable bonds is 3. The highest BCUT2D eigenvalue weighted by Crippen LogP contribution is 2.41. The standard InChI is InChI=1S/C24H17ClN2O/c25-23-13-17(26)14-27-24(23)28-18-10-8-15(9-11-18)19-6-3-7-21-20-5-2-1-4-16(20)12-22(19)21/h1-11,13-14H,12,26H2. The lowest BCUT2D eigenvalue weighted by Gasteiger charge is -2.11. The van der Waals surface area contributed by atoms with Crippen molar-refractivity contribution >= 4 is 17.3 Å². The second kappa shape index (κ2) is 6.70. The smallest absolute Gasteiger partial charge is 0.238 e. The molecular formula is C24H17ClN2O. The molecule has 0 aliphatic heterocycles. The van der Waals surface area contributed by atoms with Crippen LogP contribution < -0.4 is 10.5 Å². The molecule has 0 radical (unpaired) electrons. The number of anilines is 1. The molecule has 0 saturated heterocycles. The number of nitrogens with zero attached hydrogens (tertiary/aromatic N) is 1. The third kappa shape index (κ3) is 2.90. The molecule has 0 unspecified atom stereocenters. The minimum absolute atomic E-state index is 0.347. The molecule has 3 nitrogen and oxygen atoms in total. The maximum absolute atomic E-state index is 6.15. The summed E-state index contributed by atoms with van der Waals surface area (Å²) in [5, 5.41) is 0.391. The highest BCUT2D eigenvalue weighted by atomic mass is 35.5. The van der Waals surface area contributed by atoms with Crippen molar-refractivity contribution in [1.82, 2.24) is 4.98 Å². The average Bonchev–Trinajstić information content (AvgIpc) is 3.10. The van der Waals surface area contributed by atoms with Crippen molar-refractivity contribution in [1.29, 1.82) is 0 Å². The minimum atomic E-state index is 0.347. The molecule has 2 N–H and O–H groups in total. The fourth-order valence-electron chi connectivity index (χ4n) is 3.76. The Balaban J connectivity index is 1.46. The number of nitrogen functional groups attached to an aromatic ring is 1. The van der Waals surface area contributed by atoms with Crippen LogP contribution >= 0.6 is 11.6 Å². The number of nitrogens with two attached hydrogens (primary N) is 1. The van der Waals surface area contributed by atoms with Crippen LogP contribution in [-0.4, -0.2) is 4.98 Å². The first-order valence-corrected chi connectivity index (χ1v) is 9.46. The molecule has 136 valence electrons. The van der Waals surface area contributed by atoms with Crippen LogP contribution in [0.25, 0.3) is 22.3 Å². The molecule has 28 heavy (non-hydrogen) atoms. The number of hydrogen-bond donors (Lipinski definition) is 1. The summed E-state index contributed by atoms with van der Waals surface area (Å²) in [6.07, 6.45) is 2.49. The van der Waals surface area contributed by atoms with Crippen LogP contribution in [0.3, 0.4) is 0 Å². The van der Waals surface area contributed by atoms with Gasteiger partial charge in [0.2, 0.25) is 5.88 Å². The molecule has 1 heterocycles. The van der Waals surface area contributed by atoms with Crippen molar-refractivity contribution < 1.29 is 4.74 Å². The normalized spacial score (nSPS) is 11.8. The van der Waals surface area contributed by atoms with Gasteiger partial charge in [-0.05, 0) is 58.0 Å². The van der Waals surface area contributed by atoms with Crippen LogP contribution in [0.4, 0.5) is 5.69 Å². The van der Waals surface area contributed by atoms with E-state index in [1.807, 2.05) is 12.1 Å². The molecular weight excluding hydrogens is 368 g/mol. The minimum Gasteiger partial charge on any atom is -0.438 e. The van der Waals surface area contributed by atoms with Crippen LogP contribution in [0, 0.1) is 0 Å². The van der Waals surface area contributed by atoms with Crippen LogP contribution in [0.2, 0.25) is 5.02 Å². The average molecular weight is 385 g/mol. The summed E-state index contributed by atoms with van der Waals surface area (Å²) in [5.74, 6) is 1.03. The molecule has 1 aliphatic carbocycles. The van der Waals surface area contributed by atoms with Crippen molar-refractivity contribution in [3.8, 4) is 33.9 Å². The van der Waals surface area contributed by atoms with Gasteiger partial charge in [0.25, 0.3) is 0 Å². The van der Waals surface area contributed by atoms with Crippen molar-refractivity contribution in [2.24, 2.45) is 0 Å². The highest BCUT2D eigenvalue weighted by molar-refractivity contribution is 6.32. The largest absolute Gasteiger partial charge is 0.438 e. The Morgan fingerprint density at radius 1 is 0.857 bits per heavy atom. The summed E-state index contributed by atoms with van der Waals surface area (Å²) in [7, 11) is 0. The zero-order valence-electron chi connectivity index (χ0n) is 15.0. The quantitative estimate of drug-likeness (QED) is 0.394. The van der Waals surface area contributed by atoms with E-state index in [1.54, 1.807) is 6.07 Å². The Morgan fingerprint density at radius 3 is 2.43 bits per heavy atom. The molecule has 0 bridgehead atoms. The van der Waals surface area contributed by atoms with Gasteiger partial charge in [-0.15, -0.1) is 0 Å². The molecule has 0 saturated carbocycles. The summed E-state index contributed by atoms with van der Waals surface area (Å²) >= 11 is 6.15. The van der Waals surface area contributed by atoms with Crippen molar-refractivity contribution in [2.45, 2.75) is 6.42 Å². The van der Waals surface area contributed by atoms with Gasteiger partial charge in [0, 0.05) is 0 Å². The first-order valence-electron chi connectivity index (χ1n) is 9.08. The molecule has 5 rings (SSSR count). The van der Waals surface area contributed by atoms with E-state index >= 15 is 0 Å². The monoisotopic (exact) mass is 384 g/mol. The van der Waals surface area contributed by atoms with Crippen molar-refractivity contribution in [2.75, 3.05) is 5.73 Å². The van der Waals surface area contributed by atoms with Crippen molar-refractivity contribution in [3.05, 3.63) is 95.1 Å². The molecule has 4 heteroatoms. The Hall–Kier alpha value is -3.30. The predicted molar refractivity (Wildman–Crippen MR) is 114 cm³/mol. The molecule has 0 spiro atoms. The Morgan fingerprint density at radius 2 is 1.61 bits per heavy atom. The molecule has 0 amide bonds.